The van der Waals surface area contributed by atoms with Gasteiger partial charge in [-0.2, -0.15) is 0 Å². The molecule has 164 valence electrons. The first kappa shape index (κ1) is 20.5. The summed E-state index contributed by atoms with van der Waals surface area (Å²) >= 11 is 0. The molecule has 4 amide bonds. The number of rotatable bonds is 5. The number of hydrogen-bond donors (Lipinski definition) is 1. The van der Waals surface area contributed by atoms with Gasteiger partial charge in [0.05, 0.1) is 12.8 Å². The third-order valence-electron chi connectivity index (χ3n) is 5.83. The lowest BCUT2D eigenvalue weighted by atomic mass is 10.0. The number of carbonyl (C=O) groups excluding carboxylic acids is 3. The number of imide groups is 2. The van der Waals surface area contributed by atoms with E-state index in [1.165, 1.54) is 6.26 Å². The number of para-hydroxylation sites is 1. The molecule has 2 aromatic carbocycles. The van der Waals surface area contributed by atoms with E-state index in [1.807, 2.05) is 49.4 Å². The van der Waals surface area contributed by atoms with Gasteiger partial charge < -0.3 is 8.98 Å². The van der Waals surface area contributed by atoms with E-state index in [0.717, 1.165) is 32.6 Å². The molecule has 1 N–H and O–H groups in total. The van der Waals surface area contributed by atoms with Gasteiger partial charge in [-0.15, -0.1) is 0 Å². The van der Waals surface area contributed by atoms with Gasteiger partial charge >= 0.3 is 6.03 Å². The first-order valence-corrected chi connectivity index (χ1v) is 10.6. The van der Waals surface area contributed by atoms with Crippen molar-refractivity contribution >= 4 is 34.8 Å². The number of barbiturate groups is 1. The highest BCUT2D eigenvalue weighted by atomic mass is 16.3. The summed E-state index contributed by atoms with van der Waals surface area (Å²) in [5, 5.41) is 3.19. The molecule has 3 heterocycles. The summed E-state index contributed by atoms with van der Waals surface area (Å²) < 4.78 is 7.43. The number of fused-ring (bicyclic) bond motifs is 1. The molecule has 33 heavy (non-hydrogen) atoms. The Bertz CT molecular complexity index is 1400. The SMILES string of the molecule is Cc1c(C=C2C(=O)NC(=O)N(Cc3ccco3)C2=O)c2ccccc2n1Cc1ccccc1. The van der Waals surface area contributed by atoms with Crippen LogP contribution in [-0.2, 0) is 22.7 Å². The first-order chi connectivity index (χ1) is 16.0. The molecule has 7 nitrogen and oxygen atoms in total. The maximum Gasteiger partial charge on any atom is 0.331 e. The molecule has 0 aliphatic carbocycles. The number of urea groups is 1. The molecule has 4 aromatic rings. The molecule has 0 radical (unpaired) electrons. The Labute approximate surface area is 189 Å². The highest BCUT2D eigenvalue weighted by molar-refractivity contribution is 6.31. The van der Waals surface area contributed by atoms with Gasteiger partial charge in [0.2, 0.25) is 0 Å². The minimum atomic E-state index is -0.762. The minimum Gasteiger partial charge on any atom is -0.467 e. The highest BCUT2D eigenvalue weighted by Gasteiger charge is 2.36. The number of benzene rings is 2. The summed E-state index contributed by atoms with van der Waals surface area (Å²) in [6.45, 7) is 2.56. The lowest BCUT2D eigenvalue weighted by molar-refractivity contribution is -0.130. The molecule has 5 rings (SSSR count). The van der Waals surface area contributed by atoms with E-state index < -0.39 is 17.8 Å². The Hall–Kier alpha value is -4.39. The third-order valence-corrected chi connectivity index (χ3v) is 5.83. The zero-order valence-corrected chi connectivity index (χ0v) is 17.9. The summed E-state index contributed by atoms with van der Waals surface area (Å²) in [7, 11) is 0. The van der Waals surface area contributed by atoms with Crippen molar-refractivity contribution in [2.75, 3.05) is 0 Å². The van der Waals surface area contributed by atoms with E-state index in [4.69, 9.17) is 4.42 Å². The number of furan rings is 1. The molecule has 1 aliphatic heterocycles. The topological polar surface area (TPSA) is 84.6 Å². The van der Waals surface area contributed by atoms with E-state index in [2.05, 4.69) is 22.0 Å². The Kier molecular flexibility index (Phi) is 5.14. The van der Waals surface area contributed by atoms with Crippen LogP contribution >= 0.6 is 0 Å². The predicted octanol–water partition coefficient (Wildman–Crippen LogP) is 4.25. The number of amides is 4. The molecular weight excluding hydrogens is 418 g/mol. The van der Waals surface area contributed by atoms with Gasteiger partial charge in [-0.05, 0) is 36.8 Å². The van der Waals surface area contributed by atoms with Crippen LogP contribution in [-0.4, -0.2) is 27.3 Å². The van der Waals surface area contributed by atoms with Crippen molar-refractivity contribution in [1.29, 1.82) is 0 Å². The van der Waals surface area contributed by atoms with Gasteiger partial charge in [0.1, 0.15) is 11.3 Å². The number of carbonyl (C=O) groups is 3. The maximum absolute atomic E-state index is 13.1. The van der Waals surface area contributed by atoms with Crippen molar-refractivity contribution in [3.63, 3.8) is 0 Å². The Morgan fingerprint density at radius 2 is 1.67 bits per heavy atom. The second-order valence-electron chi connectivity index (χ2n) is 7.88. The zero-order valence-electron chi connectivity index (χ0n) is 17.9. The van der Waals surface area contributed by atoms with E-state index in [9.17, 15) is 14.4 Å². The number of nitrogens with one attached hydrogen (secondary N) is 1. The van der Waals surface area contributed by atoms with Crippen molar-refractivity contribution in [3.8, 4) is 0 Å². The van der Waals surface area contributed by atoms with Crippen LogP contribution in [0.4, 0.5) is 4.79 Å². The lowest BCUT2D eigenvalue weighted by Crippen LogP contribution is -2.53. The van der Waals surface area contributed by atoms with Crippen LogP contribution in [0, 0.1) is 6.92 Å². The van der Waals surface area contributed by atoms with Gasteiger partial charge in [-0.3, -0.25) is 19.8 Å². The van der Waals surface area contributed by atoms with Crippen LogP contribution in [0.1, 0.15) is 22.6 Å². The zero-order chi connectivity index (χ0) is 22.9. The summed E-state index contributed by atoms with van der Waals surface area (Å²) in [4.78, 5) is 39.1. The maximum atomic E-state index is 13.1. The first-order valence-electron chi connectivity index (χ1n) is 10.6. The second-order valence-corrected chi connectivity index (χ2v) is 7.88. The van der Waals surface area contributed by atoms with Crippen LogP contribution in [0.5, 0.6) is 0 Å². The lowest BCUT2D eigenvalue weighted by Gasteiger charge is -2.25. The Balaban J connectivity index is 1.58. The summed E-state index contributed by atoms with van der Waals surface area (Å²) in [6.07, 6.45) is 3.05. The molecule has 0 bridgehead atoms. The molecule has 0 saturated carbocycles. The molecule has 0 spiro atoms. The van der Waals surface area contributed by atoms with Crippen LogP contribution in [0.3, 0.4) is 0 Å². The van der Waals surface area contributed by atoms with Crippen LogP contribution in [0.15, 0.2) is 83.0 Å². The van der Waals surface area contributed by atoms with Gasteiger partial charge in [-0.1, -0.05) is 48.5 Å². The minimum absolute atomic E-state index is 0.0585. The van der Waals surface area contributed by atoms with E-state index in [0.29, 0.717) is 12.3 Å². The van der Waals surface area contributed by atoms with Crippen molar-refractivity contribution in [2.45, 2.75) is 20.0 Å². The second kappa shape index (κ2) is 8.27. The average molecular weight is 439 g/mol. The summed E-state index contributed by atoms with van der Waals surface area (Å²) in [5.41, 5.74) is 3.74. The molecule has 2 aromatic heterocycles. The third kappa shape index (κ3) is 3.74. The Morgan fingerprint density at radius 1 is 0.909 bits per heavy atom. The van der Waals surface area contributed by atoms with Crippen molar-refractivity contribution in [3.05, 3.63) is 101 Å². The predicted molar refractivity (Wildman–Crippen MR) is 123 cm³/mol. The van der Waals surface area contributed by atoms with Gasteiger partial charge in [-0.25, -0.2) is 4.79 Å². The molecule has 1 fully saturated rings. The van der Waals surface area contributed by atoms with Crippen molar-refractivity contribution < 1.29 is 18.8 Å². The average Bonchev–Trinajstić information content (AvgIpc) is 3.42. The highest BCUT2D eigenvalue weighted by Crippen LogP contribution is 2.30. The van der Waals surface area contributed by atoms with E-state index in [-0.39, 0.29) is 12.1 Å². The molecule has 0 atom stereocenters. The molecule has 1 saturated heterocycles. The monoisotopic (exact) mass is 439 g/mol. The smallest absolute Gasteiger partial charge is 0.331 e. The van der Waals surface area contributed by atoms with E-state index in [1.54, 1.807) is 18.2 Å². The largest absolute Gasteiger partial charge is 0.467 e. The number of nitrogens with zero attached hydrogens (tertiary/aromatic N) is 2. The van der Waals surface area contributed by atoms with Crippen LogP contribution in [0.2, 0.25) is 0 Å². The van der Waals surface area contributed by atoms with Crippen LogP contribution in [0.25, 0.3) is 17.0 Å². The molecule has 0 unspecified atom stereocenters. The normalized spacial score (nSPS) is 15.5. The molecular formula is C26H21N3O4. The Morgan fingerprint density at radius 3 is 2.42 bits per heavy atom. The summed E-state index contributed by atoms with van der Waals surface area (Å²) in [6, 6.07) is 20.5. The molecule has 1 aliphatic rings. The van der Waals surface area contributed by atoms with Crippen LogP contribution < -0.4 is 5.32 Å². The fourth-order valence-corrected chi connectivity index (χ4v) is 4.15. The fourth-order valence-electron chi connectivity index (χ4n) is 4.15. The van der Waals surface area contributed by atoms with Crippen molar-refractivity contribution in [2.24, 2.45) is 0 Å². The standard InChI is InChI=1S/C26H21N3O4/c1-17-21(20-11-5-6-12-23(20)28(17)15-18-8-3-2-4-9-18)14-22-24(30)27-26(32)29(25(22)31)16-19-10-7-13-33-19/h2-14H,15-16H2,1H3,(H,27,30,32). The van der Waals surface area contributed by atoms with Gasteiger partial charge in [0, 0.05) is 28.7 Å². The fraction of sp³-hybridized carbons (Fsp3) is 0.115. The molecule has 7 heteroatoms. The quantitative estimate of drug-likeness (QED) is 0.372. The van der Waals surface area contributed by atoms with Gasteiger partial charge in [0.25, 0.3) is 11.8 Å². The van der Waals surface area contributed by atoms with E-state index >= 15 is 0 Å². The summed E-state index contributed by atoms with van der Waals surface area (Å²) in [5.74, 6) is -0.915. The number of hydrogen-bond acceptors (Lipinski definition) is 4. The van der Waals surface area contributed by atoms with Crippen molar-refractivity contribution in [1.82, 2.24) is 14.8 Å². The number of aromatic nitrogens is 1. The van der Waals surface area contributed by atoms with Gasteiger partial charge in [0.15, 0.2) is 0 Å².